The van der Waals surface area contributed by atoms with Crippen molar-refractivity contribution in [1.29, 1.82) is 0 Å². The summed E-state index contributed by atoms with van der Waals surface area (Å²) in [7, 11) is 0. The number of nitrogens with two attached hydrogens (primary N) is 2. The summed E-state index contributed by atoms with van der Waals surface area (Å²) in [5.41, 5.74) is 8.88. The molecule has 0 atom stereocenters. The fraction of sp³-hybridized carbons (Fsp3) is 0. The minimum atomic E-state index is -0.981. The van der Waals surface area contributed by atoms with E-state index in [0.717, 1.165) is 6.08 Å². The molecule has 7 nitrogen and oxygen atoms in total. The molecule has 0 saturated heterocycles. The van der Waals surface area contributed by atoms with Crippen LogP contribution in [0.1, 0.15) is 0 Å². The van der Waals surface area contributed by atoms with Crippen molar-refractivity contribution in [3.05, 3.63) is 12.7 Å². The van der Waals surface area contributed by atoms with E-state index < -0.39 is 18.0 Å². The van der Waals surface area contributed by atoms with Crippen LogP contribution in [-0.2, 0) is 4.79 Å². The third kappa shape index (κ3) is 24.6. The molecule has 0 radical (unpaired) electrons. The average molecular weight is 175 g/mol. The van der Waals surface area contributed by atoms with E-state index in [1.165, 1.54) is 0 Å². The van der Waals surface area contributed by atoms with E-state index in [4.69, 9.17) is 5.11 Å². The summed E-state index contributed by atoms with van der Waals surface area (Å²) >= 11 is 0. The van der Waals surface area contributed by atoms with Crippen molar-refractivity contribution in [2.45, 2.75) is 0 Å². The van der Waals surface area contributed by atoms with Gasteiger partial charge in [-0.15, -0.1) is 0 Å². The molecule has 0 aliphatic rings. The highest BCUT2D eigenvalue weighted by molar-refractivity contribution is 5.91. The first-order chi connectivity index (χ1) is 5.40. The zero-order chi connectivity index (χ0) is 10.1. The molecule has 0 saturated carbocycles. The molecule has 0 fully saturated rings. The van der Waals surface area contributed by atoms with Gasteiger partial charge in [-0.2, -0.15) is 0 Å². The molecule has 0 aliphatic heterocycles. The lowest BCUT2D eigenvalue weighted by Crippen LogP contribution is -2.38. The second kappa shape index (κ2) is 7.06. The maximum Gasteiger partial charge on any atom is 0.327 e. The summed E-state index contributed by atoms with van der Waals surface area (Å²) in [6.07, 6.45) is 0.833. The molecule has 0 heterocycles. The summed E-state index contributed by atoms with van der Waals surface area (Å²) in [5.74, 6) is -0.981. The summed E-state index contributed by atoms with van der Waals surface area (Å²) in [6, 6.07) is -1.88. The zero-order valence-corrected chi connectivity index (χ0v) is 6.11. The van der Waals surface area contributed by atoms with Crippen molar-refractivity contribution < 1.29 is 19.5 Å². The highest BCUT2D eigenvalue weighted by Crippen LogP contribution is 1.54. The zero-order valence-electron chi connectivity index (χ0n) is 6.11. The van der Waals surface area contributed by atoms with Gasteiger partial charge in [0.15, 0.2) is 0 Å². The Morgan fingerprint density at radius 1 is 1.25 bits per heavy atom. The molecule has 4 amide bonds. The van der Waals surface area contributed by atoms with Crippen LogP contribution in [0.2, 0.25) is 0 Å². The van der Waals surface area contributed by atoms with E-state index in [-0.39, 0.29) is 0 Å². The number of nitrogens with one attached hydrogen (secondary N) is 1. The minimum absolute atomic E-state index is 0.833. The van der Waals surface area contributed by atoms with Gasteiger partial charge in [0.2, 0.25) is 0 Å². The number of carbonyl (C=O) groups excluding carboxylic acids is 2. The number of primary amides is 2. The number of rotatable bonds is 1. The average Bonchev–Trinajstić information content (AvgIpc) is 1.85. The van der Waals surface area contributed by atoms with E-state index in [2.05, 4.69) is 18.0 Å². The fourth-order valence-corrected chi connectivity index (χ4v) is 0.121. The van der Waals surface area contributed by atoms with Gasteiger partial charge in [-0.25, -0.2) is 14.4 Å². The Labute approximate surface area is 68.0 Å². The number of urea groups is 2. The van der Waals surface area contributed by atoms with Crippen LogP contribution >= 0.6 is 0 Å². The Bertz CT molecular complexity index is 189. The van der Waals surface area contributed by atoms with Gasteiger partial charge >= 0.3 is 18.0 Å². The van der Waals surface area contributed by atoms with Crippen LogP contribution < -0.4 is 16.8 Å². The lowest BCUT2D eigenvalue weighted by Gasteiger charge is -1.88. The Kier molecular flexibility index (Phi) is 7.42. The van der Waals surface area contributed by atoms with Crippen molar-refractivity contribution in [3.63, 3.8) is 0 Å². The molecule has 12 heavy (non-hydrogen) atoms. The van der Waals surface area contributed by atoms with Crippen molar-refractivity contribution in [2.24, 2.45) is 11.5 Å². The second-order valence-electron chi connectivity index (χ2n) is 1.40. The normalized spacial score (nSPS) is 7.00. The van der Waals surface area contributed by atoms with Crippen molar-refractivity contribution in [2.75, 3.05) is 0 Å². The molecular formula is C5H9N3O4. The Balaban J connectivity index is 0. The number of hydrogen-bond acceptors (Lipinski definition) is 3. The molecule has 68 valence electrons. The van der Waals surface area contributed by atoms with Crippen LogP contribution in [0.5, 0.6) is 0 Å². The Morgan fingerprint density at radius 2 is 1.50 bits per heavy atom. The van der Waals surface area contributed by atoms with Gasteiger partial charge in [-0.3, -0.25) is 5.32 Å². The molecule has 6 N–H and O–H groups in total. The van der Waals surface area contributed by atoms with Crippen LogP contribution in [0.4, 0.5) is 9.59 Å². The number of imide groups is 1. The number of amides is 4. The van der Waals surface area contributed by atoms with Crippen LogP contribution in [0.25, 0.3) is 0 Å². The molecular weight excluding hydrogens is 166 g/mol. The van der Waals surface area contributed by atoms with Crippen LogP contribution in [0.15, 0.2) is 12.7 Å². The minimum Gasteiger partial charge on any atom is -0.478 e. The molecule has 0 bridgehead atoms. The lowest BCUT2D eigenvalue weighted by atomic mass is 10.7. The summed E-state index contributed by atoms with van der Waals surface area (Å²) in [4.78, 5) is 28.5. The van der Waals surface area contributed by atoms with Gasteiger partial charge in [0, 0.05) is 6.08 Å². The number of hydrogen-bond donors (Lipinski definition) is 4. The summed E-state index contributed by atoms with van der Waals surface area (Å²) < 4.78 is 0. The third-order valence-corrected chi connectivity index (χ3v) is 0.421. The first-order valence-electron chi connectivity index (χ1n) is 2.61. The van der Waals surface area contributed by atoms with Gasteiger partial charge in [-0.05, 0) is 0 Å². The number of carbonyl (C=O) groups is 3. The monoisotopic (exact) mass is 175 g/mol. The molecule has 7 heteroatoms. The lowest BCUT2D eigenvalue weighted by molar-refractivity contribution is -0.131. The van der Waals surface area contributed by atoms with Crippen molar-refractivity contribution in [1.82, 2.24) is 5.32 Å². The molecule has 0 aromatic rings. The van der Waals surface area contributed by atoms with Gasteiger partial charge < -0.3 is 16.6 Å². The Hall–Kier alpha value is -2.05. The quantitative estimate of drug-likeness (QED) is 0.379. The highest BCUT2D eigenvalue weighted by atomic mass is 16.4. The predicted molar refractivity (Wildman–Crippen MR) is 40.1 cm³/mol. The summed E-state index contributed by atoms with van der Waals surface area (Å²) in [6.45, 7) is 2.96. The smallest absolute Gasteiger partial charge is 0.327 e. The topological polar surface area (TPSA) is 136 Å². The molecule has 0 aromatic heterocycles. The molecule has 0 rings (SSSR count). The van der Waals surface area contributed by atoms with E-state index in [0.29, 0.717) is 0 Å². The van der Waals surface area contributed by atoms with Gasteiger partial charge in [0.25, 0.3) is 0 Å². The first-order valence-corrected chi connectivity index (χ1v) is 2.61. The molecule has 0 aliphatic carbocycles. The molecule has 0 spiro atoms. The van der Waals surface area contributed by atoms with Crippen molar-refractivity contribution >= 4 is 18.0 Å². The van der Waals surface area contributed by atoms with Crippen LogP contribution in [0, 0.1) is 0 Å². The van der Waals surface area contributed by atoms with Gasteiger partial charge in [-0.1, -0.05) is 6.58 Å². The van der Waals surface area contributed by atoms with E-state index in [1.54, 1.807) is 5.32 Å². The first kappa shape index (κ1) is 12.6. The van der Waals surface area contributed by atoms with Crippen LogP contribution in [-0.4, -0.2) is 23.1 Å². The predicted octanol–water partition coefficient (Wildman–Crippen LogP) is -1.01. The standard InChI is InChI=1S/C3H4O2.C2H5N3O2/c1-2-3(4)5;3-1(6)5-2(4)7/h2H,1H2,(H,4,5);(H5,3,4,5,6,7). The second-order valence-corrected chi connectivity index (χ2v) is 1.40. The number of aliphatic carboxylic acids is 1. The molecule has 0 unspecified atom stereocenters. The van der Waals surface area contributed by atoms with Crippen LogP contribution in [0.3, 0.4) is 0 Å². The Morgan fingerprint density at radius 3 is 1.50 bits per heavy atom. The number of carboxylic acid groups (broad SMARTS) is 1. The highest BCUT2D eigenvalue weighted by Gasteiger charge is 1.92. The summed E-state index contributed by atoms with van der Waals surface area (Å²) in [5, 5.41) is 9.19. The fourth-order valence-electron chi connectivity index (χ4n) is 0.121. The van der Waals surface area contributed by atoms with E-state index >= 15 is 0 Å². The number of carboxylic acids is 1. The third-order valence-electron chi connectivity index (χ3n) is 0.421. The largest absolute Gasteiger partial charge is 0.478 e. The maximum atomic E-state index is 9.62. The molecule has 0 aromatic carbocycles. The van der Waals surface area contributed by atoms with Crippen molar-refractivity contribution in [3.8, 4) is 0 Å². The van der Waals surface area contributed by atoms with E-state index in [1.807, 2.05) is 0 Å². The SMILES string of the molecule is C=CC(=O)O.NC(=O)NC(N)=O. The van der Waals surface area contributed by atoms with Gasteiger partial charge in [0.1, 0.15) is 0 Å². The maximum absolute atomic E-state index is 9.62. The van der Waals surface area contributed by atoms with Gasteiger partial charge in [0.05, 0.1) is 0 Å². The van der Waals surface area contributed by atoms with E-state index in [9.17, 15) is 14.4 Å².